The molecule has 1 heterocycles. The number of nitrogens with zero attached hydrogens (tertiary/aromatic N) is 1. The number of hydrogen-bond acceptors (Lipinski definition) is 6. The highest BCUT2D eigenvalue weighted by atomic mass is 32.2. The molecule has 2 N–H and O–H groups in total. The summed E-state index contributed by atoms with van der Waals surface area (Å²) in [5, 5.41) is 0.133. The van der Waals surface area contributed by atoms with Gasteiger partial charge in [-0.25, -0.2) is 26.6 Å². The fourth-order valence-electron chi connectivity index (χ4n) is 5.47. The van der Waals surface area contributed by atoms with Crippen molar-refractivity contribution in [2.75, 3.05) is 5.73 Å². The Morgan fingerprint density at radius 3 is 2.00 bits per heavy atom. The lowest BCUT2D eigenvalue weighted by atomic mass is 9.82. The Bertz CT molecular complexity index is 1790. The van der Waals surface area contributed by atoms with Crippen LogP contribution in [-0.4, -0.2) is 25.8 Å². The summed E-state index contributed by atoms with van der Waals surface area (Å²) in [5.41, 5.74) is -1.57. The van der Waals surface area contributed by atoms with Crippen LogP contribution in [0.25, 0.3) is 0 Å². The first-order valence-corrected chi connectivity index (χ1v) is 15.3. The molecule has 0 saturated heterocycles. The average molecular weight is 681 g/mol. The lowest BCUT2D eigenvalue weighted by molar-refractivity contribution is -0.392. The molecule has 0 amide bonds. The molecule has 16 heteroatoms. The first-order valence-electron chi connectivity index (χ1n) is 13.0. The molecule has 0 saturated carbocycles. The zero-order chi connectivity index (χ0) is 33.0. The van der Waals surface area contributed by atoms with E-state index in [1.807, 2.05) is 0 Å². The highest BCUT2D eigenvalue weighted by Crippen LogP contribution is 2.54. The molecule has 1 aromatic heterocycles. The molecule has 240 valence electrons. The zero-order valence-corrected chi connectivity index (χ0v) is 24.3. The molecule has 1 aliphatic rings. The van der Waals surface area contributed by atoms with Crippen LogP contribution in [0.1, 0.15) is 33.7 Å². The summed E-state index contributed by atoms with van der Waals surface area (Å²) < 4.78 is 159. The molecule has 0 spiro atoms. The van der Waals surface area contributed by atoms with Gasteiger partial charge in [-0.15, -0.1) is 11.3 Å². The van der Waals surface area contributed by atoms with Crippen LogP contribution in [0.4, 0.5) is 44.6 Å². The van der Waals surface area contributed by atoms with Gasteiger partial charge in [-0.05, 0) is 54.8 Å². The summed E-state index contributed by atoms with van der Waals surface area (Å²) in [4.78, 5) is 4.29. The van der Waals surface area contributed by atoms with Crippen LogP contribution >= 0.6 is 11.3 Å². The number of halogens is 9. The molecule has 0 radical (unpaired) electrons. The van der Waals surface area contributed by atoms with Crippen molar-refractivity contribution in [1.82, 2.24) is 4.98 Å². The van der Waals surface area contributed by atoms with Gasteiger partial charge < -0.3 is 10.5 Å². The van der Waals surface area contributed by atoms with E-state index in [2.05, 4.69) is 9.72 Å². The molecule has 1 atom stereocenters. The van der Waals surface area contributed by atoms with E-state index in [1.165, 1.54) is 0 Å². The molecule has 5 nitrogen and oxygen atoms in total. The van der Waals surface area contributed by atoms with Crippen LogP contribution in [-0.2, 0) is 44.4 Å². The van der Waals surface area contributed by atoms with Crippen molar-refractivity contribution in [1.29, 1.82) is 0 Å². The molecule has 0 fully saturated rings. The number of nitrogens with two attached hydrogens (primary N) is 1. The molecule has 0 aliphatic heterocycles. The second-order valence-corrected chi connectivity index (χ2v) is 13.7. The maximum Gasteiger partial charge on any atom is 0.430 e. The highest BCUT2D eigenvalue weighted by Gasteiger charge is 2.73. The van der Waals surface area contributed by atoms with Crippen LogP contribution in [0.2, 0.25) is 0 Å². The fraction of sp³-hybridized carbons (Fsp3) is 0.276. The van der Waals surface area contributed by atoms with E-state index in [4.69, 9.17) is 5.73 Å². The number of fused-ring (bicyclic) bond motifs is 1. The van der Waals surface area contributed by atoms with Gasteiger partial charge in [-0.2, -0.15) is 26.3 Å². The van der Waals surface area contributed by atoms with Crippen molar-refractivity contribution >= 4 is 26.3 Å². The topological polar surface area (TPSA) is 82.3 Å². The molecule has 5 rings (SSSR count). The minimum Gasteiger partial charge on any atom is -0.375 e. The maximum absolute atomic E-state index is 14.4. The monoisotopic (exact) mass is 680 g/mol. The van der Waals surface area contributed by atoms with Crippen LogP contribution < -0.4 is 5.73 Å². The quantitative estimate of drug-likeness (QED) is 0.161. The Morgan fingerprint density at radius 2 is 1.44 bits per heavy atom. The predicted octanol–water partition coefficient (Wildman–Crippen LogP) is 7.54. The summed E-state index contributed by atoms with van der Waals surface area (Å²) in [6.45, 7) is -1.74. The Labute approximate surface area is 254 Å². The smallest absolute Gasteiger partial charge is 0.375 e. The fourth-order valence-corrected chi connectivity index (χ4v) is 8.65. The van der Waals surface area contributed by atoms with Crippen molar-refractivity contribution < 1.29 is 52.7 Å². The number of aryl methyl sites for hydroxylation is 1. The average Bonchev–Trinajstić information content (AvgIpc) is 3.32. The maximum atomic E-state index is 14.4. The summed E-state index contributed by atoms with van der Waals surface area (Å²) in [6.07, 6.45) is -12.8. The number of alkyl halides is 6. The third-order valence-electron chi connectivity index (χ3n) is 7.76. The van der Waals surface area contributed by atoms with Crippen molar-refractivity contribution in [3.8, 4) is 0 Å². The zero-order valence-electron chi connectivity index (χ0n) is 22.6. The third kappa shape index (κ3) is 5.46. The van der Waals surface area contributed by atoms with Crippen molar-refractivity contribution in [2.24, 2.45) is 0 Å². The van der Waals surface area contributed by atoms with Gasteiger partial charge in [0.15, 0.2) is 15.0 Å². The number of sulfone groups is 1. The van der Waals surface area contributed by atoms with E-state index in [0.29, 0.717) is 34.8 Å². The van der Waals surface area contributed by atoms with Gasteiger partial charge in [0, 0.05) is 22.4 Å². The highest BCUT2D eigenvalue weighted by molar-refractivity contribution is 7.92. The molecule has 45 heavy (non-hydrogen) atoms. The number of aromatic nitrogens is 1. The molecular formula is C29H21F9N2O3S2. The van der Waals surface area contributed by atoms with E-state index in [1.54, 1.807) is 0 Å². The predicted molar refractivity (Wildman–Crippen MR) is 145 cm³/mol. The number of nitrogen functional groups attached to an aromatic ring is 1. The first kappa shape index (κ1) is 32.8. The standard InChI is InChI=1S/C29H21F9N2O3S2/c30-18-8-10-19(11-9-18)45(41,42)26(13-12-23-24(14-26)44-25(39)40-23)16-4-6-17(7-5-16)27(28(33,34)35,29(36,37)38)43-15-20-21(31)2-1-3-22(20)32/h1-11H,12-15H2,(H2,39,40). The summed E-state index contributed by atoms with van der Waals surface area (Å²) in [6, 6.07) is 8.45. The summed E-state index contributed by atoms with van der Waals surface area (Å²) >= 11 is 0.985. The molecule has 0 bridgehead atoms. The Kier molecular flexibility index (Phi) is 8.23. The molecule has 1 unspecified atom stereocenters. The van der Waals surface area contributed by atoms with Crippen molar-refractivity contribution in [3.05, 3.63) is 111 Å². The number of hydrogen-bond donors (Lipinski definition) is 1. The number of anilines is 1. The van der Waals surface area contributed by atoms with Gasteiger partial charge in [0.25, 0.3) is 5.60 Å². The number of ether oxygens (including phenoxy) is 1. The molecule has 1 aliphatic carbocycles. The minimum atomic E-state index is -6.19. The minimum absolute atomic E-state index is 0.0531. The van der Waals surface area contributed by atoms with Gasteiger partial charge in [-0.3, -0.25) is 0 Å². The van der Waals surface area contributed by atoms with E-state index in [-0.39, 0.29) is 34.9 Å². The van der Waals surface area contributed by atoms with E-state index >= 15 is 0 Å². The van der Waals surface area contributed by atoms with Crippen molar-refractivity contribution in [2.45, 2.75) is 53.5 Å². The molecule has 3 aromatic carbocycles. The SMILES string of the molecule is Nc1nc2c(s1)CC(c1ccc(C(OCc3c(F)cccc3F)(C(F)(F)F)C(F)(F)F)cc1)(S(=O)(=O)c1ccc(F)cc1)CC2. The van der Waals surface area contributed by atoms with E-state index < -0.39 is 67.7 Å². The van der Waals surface area contributed by atoms with E-state index in [9.17, 15) is 47.9 Å². The van der Waals surface area contributed by atoms with Gasteiger partial charge in [0.05, 0.1) is 17.2 Å². The van der Waals surface area contributed by atoms with Crippen LogP contribution in [0.3, 0.4) is 0 Å². The number of rotatable bonds is 7. The number of thiazole rings is 1. The molecule has 4 aromatic rings. The third-order valence-corrected chi connectivity index (χ3v) is 11.2. The van der Waals surface area contributed by atoms with Gasteiger partial charge in [-0.1, -0.05) is 30.3 Å². The second-order valence-electron chi connectivity index (χ2n) is 10.3. The Hall–Kier alpha value is -3.63. The van der Waals surface area contributed by atoms with Crippen LogP contribution in [0, 0.1) is 17.5 Å². The van der Waals surface area contributed by atoms with Gasteiger partial charge >= 0.3 is 12.4 Å². The first-order chi connectivity index (χ1) is 20.9. The normalized spacial score (nSPS) is 17.7. The van der Waals surface area contributed by atoms with Crippen LogP contribution in [0.5, 0.6) is 0 Å². The Morgan fingerprint density at radius 1 is 0.867 bits per heavy atom. The van der Waals surface area contributed by atoms with Gasteiger partial charge in [0.2, 0.25) is 0 Å². The Balaban J connectivity index is 1.65. The lowest BCUT2D eigenvalue weighted by Gasteiger charge is -2.39. The van der Waals surface area contributed by atoms with E-state index in [0.717, 1.165) is 53.8 Å². The lowest BCUT2D eigenvalue weighted by Crippen LogP contribution is -2.56. The van der Waals surface area contributed by atoms with Gasteiger partial charge in [0.1, 0.15) is 22.2 Å². The van der Waals surface area contributed by atoms with Crippen LogP contribution in [0.15, 0.2) is 71.6 Å². The van der Waals surface area contributed by atoms with Crippen molar-refractivity contribution in [3.63, 3.8) is 0 Å². The summed E-state index contributed by atoms with van der Waals surface area (Å²) in [7, 11) is -4.48. The number of benzene rings is 3. The largest absolute Gasteiger partial charge is 0.430 e. The second kappa shape index (κ2) is 11.3. The molecular weight excluding hydrogens is 659 g/mol. The summed E-state index contributed by atoms with van der Waals surface area (Å²) in [5.74, 6) is -3.58.